The summed E-state index contributed by atoms with van der Waals surface area (Å²) in [6.45, 7) is 2.31. The van der Waals surface area contributed by atoms with Crippen molar-refractivity contribution >= 4 is 11.8 Å². The van der Waals surface area contributed by atoms with Crippen LogP contribution in [-0.2, 0) is 11.3 Å². The van der Waals surface area contributed by atoms with Crippen LogP contribution in [0.3, 0.4) is 0 Å². The maximum absolute atomic E-state index is 12.3. The van der Waals surface area contributed by atoms with Crippen LogP contribution < -0.4 is 15.6 Å². The van der Waals surface area contributed by atoms with Crippen molar-refractivity contribution < 1.29 is 14.3 Å². The Morgan fingerprint density at radius 1 is 1.07 bits per heavy atom. The molecule has 1 aromatic carbocycles. The van der Waals surface area contributed by atoms with Gasteiger partial charge in [-0.2, -0.15) is 5.10 Å². The molecule has 1 aromatic heterocycles. The second kappa shape index (κ2) is 9.68. The molecule has 2 aromatic rings. The average molecular weight is 384 g/mol. The first-order valence-corrected chi connectivity index (χ1v) is 9.45. The van der Waals surface area contributed by atoms with Crippen molar-refractivity contribution in [2.75, 3.05) is 26.2 Å². The number of aromatic nitrogens is 2. The lowest BCUT2D eigenvalue weighted by Crippen LogP contribution is -2.34. The smallest absolute Gasteiger partial charge is 0.271 e. The number of nitrogens with zero attached hydrogens (tertiary/aromatic N) is 3. The molecule has 1 aliphatic rings. The van der Waals surface area contributed by atoms with E-state index in [1.54, 1.807) is 0 Å². The lowest BCUT2D eigenvalue weighted by Gasteiger charge is -2.15. The number of likely N-dealkylation sites (tertiary alicyclic amines) is 1. The average Bonchev–Trinajstić information content (AvgIpc) is 3.25. The highest BCUT2D eigenvalue weighted by atomic mass is 16.5. The molecule has 0 radical (unpaired) electrons. The fraction of sp³-hybridized carbons (Fsp3) is 0.400. The highest BCUT2D eigenvalue weighted by molar-refractivity contribution is 5.92. The van der Waals surface area contributed by atoms with Crippen LogP contribution in [0.4, 0.5) is 0 Å². The maximum Gasteiger partial charge on any atom is 0.271 e. The van der Waals surface area contributed by atoms with Crippen molar-refractivity contribution in [3.8, 4) is 5.75 Å². The van der Waals surface area contributed by atoms with Gasteiger partial charge in [0.1, 0.15) is 18.1 Å². The Balaban J connectivity index is 1.49. The highest BCUT2D eigenvalue weighted by Gasteiger charge is 2.18. The molecule has 0 unspecified atom stereocenters. The van der Waals surface area contributed by atoms with Crippen LogP contribution in [0.5, 0.6) is 5.75 Å². The minimum Gasteiger partial charge on any atom is -0.492 e. The van der Waals surface area contributed by atoms with E-state index in [0.29, 0.717) is 5.75 Å². The van der Waals surface area contributed by atoms with Crippen molar-refractivity contribution in [1.82, 2.24) is 20.0 Å². The van der Waals surface area contributed by atoms with E-state index < -0.39 is 5.91 Å². The molecule has 1 N–H and O–H groups in total. The third-order valence-electron chi connectivity index (χ3n) is 4.50. The fourth-order valence-corrected chi connectivity index (χ4v) is 3.00. The summed E-state index contributed by atoms with van der Waals surface area (Å²) < 4.78 is 6.76. The largest absolute Gasteiger partial charge is 0.492 e. The zero-order valence-electron chi connectivity index (χ0n) is 15.7. The third-order valence-corrected chi connectivity index (χ3v) is 4.50. The Kier molecular flexibility index (Phi) is 6.78. The van der Waals surface area contributed by atoms with E-state index in [1.165, 1.54) is 16.8 Å². The molecule has 3 rings (SSSR count). The molecule has 2 amide bonds. The lowest BCUT2D eigenvalue weighted by atomic mass is 10.3. The number of para-hydroxylation sites is 1. The molecule has 8 heteroatoms. The lowest BCUT2D eigenvalue weighted by molar-refractivity contribution is -0.129. The summed E-state index contributed by atoms with van der Waals surface area (Å²) in [6.07, 6.45) is 2.34. The van der Waals surface area contributed by atoms with E-state index >= 15 is 0 Å². The highest BCUT2D eigenvalue weighted by Crippen LogP contribution is 2.09. The minimum atomic E-state index is -0.410. The number of hydrogen-bond acceptors (Lipinski definition) is 5. The molecular weight excluding hydrogens is 360 g/mol. The van der Waals surface area contributed by atoms with Gasteiger partial charge in [0, 0.05) is 32.1 Å². The van der Waals surface area contributed by atoms with E-state index in [1.807, 2.05) is 35.2 Å². The van der Waals surface area contributed by atoms with Gasteiger partial charge in [-0.3, -0.25) is 14.4 Å². The Morgan fingerprint density at radius 2 is 1.82 bits per heavy atom. The van der Waals surface area contributed by atoms with Gasteiger partial charge in [0.15, 0.2) is 0 Å². The molecule has 2 heterocycles. The topological polar surface area (TPSA) is 93.5 Å². The summed E-state index contributed by atoms with van der Waals surface area (Å²) in [5.74, 6) is 0.341. The number of carbonyl (C=O) groups excluding carboxylic acids is 2. The van der Waals surface area contributed by atoms with Gasteiger partial charge in [0.05, 0.1) is 6.54 Å². The van der Waals surface area contributed by atoms with Crippen LogP contribution in [0.2, 0.25) is 0 Å². The first-order chi connectivity index (χ1) is 13.6. The van der Waals surface area contributed by atoms with Crippen LogP contribution in [0.15, 0.2) is 47.3 Å². The number of amides is 2. The molecule has 0 bridgehead atoms. The minimum absolute atomic E-state index is 0.0498. The molecule has 0 spiro atoms. The maximum atomic E-state index is 12.3. The van der Waals surface area contributed by atoms with Gasteiger partial charge >= 0.3 is 0 Å². The van der Waals surface area contributed by atoms with Gasteiger partial charge in [-0.05, 0) is 31.0 Å². The fourth-order valence-electron chi connectivity index (χ4n) is 3.00. The number of carbonyl (C=O) groups is 2. The van der Waals surface area contributed by atoms with Crippen molar-refractivity contribution in [1.29, 1.82) is 0 Å². The van der Waals surface area contributed by atoms with Crippen LogP contribution in [0.1, 0.15) is 29.8 Å². The van der Waals surface area contributed by atoms with Crippen LogP contribution in [-0.4, -0.2) is 52.7 Å². The van der Waals surface area contributed by atoms with E-state index in [9.17, 15) is 14.4 Å². The molecule has 1 fully saturated rings. The van der Waals surface area contributed by atoms with Crippen molar-refractivity contribution in [3.05, 3.63) is 58.5 Å². The van der Waals surface area contributed by atoms with Crippen molar-refractivity contribution in [2.24, 2.45) is 0 Å². The Morgan fingerprint density at radius 3 is 2.57 bits per heavy atom. The zero-order chi connectivity index (χ0) is 19.8. The molecule has 1 aliphatic heterocycles. The monoisotopic (exact) mass is 384 g/mol. The number of ether oxygens (including phenoxy) is 1. The predicted octanol–water partition coefficient (Wildman–Crippen LogP) is 1.06. The first kappa shape index (κ1) is 19.6. The molecule has 0 atom stereocenters. The Hall–Kier alpha value is -3.16. The number of nitrogens with one attached hydrogen (secondary N) is 1. The third kappa shape index (κ3) is 5.42. The molecule has 148 valence electrons. The summed E-state index contributed by atoms with van der Waals surface area (Å²) in [6, 6.07) is 11.9. The number of hydrogen-bond donors (Lipinski definition) is 1. The SMILES string of the molecule is O=C(NCCC(=O)N1CCCC1)c1ccc(=O)n(CCOc2ccccc2)n1. The van der Waals surface area contributed by atoms with Gasteiger partial charge in [-0.1, -0.05) is 18.2 Å². The van der Waals surface area contributed by atoms with Crippen LogP contribution in [0.25, 0.3) is 0 Å². The summed E-state index contributed by atoms with van der Waals surface area (Å²) in [4.78, 5) is 38.0. The summed E-state index contributed by atoms with van der Waals surface area (Å²) in [5.41, 5.74) is -0.176. The van der Waals surface area contributed by atoms with Crippen molar-refractivity contribution in [2.45, 2.75) is 25.8 Å². The molecule has 1 saturated heterocycles. The number of rotatable bonds is 8. The van der Waals surface area contributed by atoms with E-state index in [-0.39, 0.29) is 43.3 Å². The van der Waals surface area contributed by atoms with Crippen LogP contribution in [0, 0.1) is 0 Å². The number of benzene rings is 1. The summed E-state index contributed by atoms with van der Waals surface area (Å²) in [7, 11) is 0. The van der Waals surface area contributed by atoms with Gasteiger partial charge in [-0.25, -0.2) is 4.68 Å². The summed E-state index contributed by atoms with van der Waals surface area (Å²) in [5, 5.41) is 6.78. The normalized spacial score (nSPS) is 13.4. The zero-order valence-corrected chi connectivity index (χ0v) is 15.7. The van der Waals surface area contributed by atoms with Gasteiger partial charge in [0.25, 0.3) is 11.5 Å². The van der Waals surface area contributed by atoms with E-state index in [2.05, 4.69) is 10.4 Å². The Bertz CT molecular complexity index is 860. The molecule has 0 aliphatic carbocycles. The molecule has 0 saturated carbocycles. The van der Waals surface area contributed by atoms with Crippen molar-refractivity contribution in [3.63, 3.8) is 0 Å². The quantitative estimate of drug-likeness (QED) is 0.735. The molecule has 8 nitrogen and oxygen atoms in total. The van der Waals surface area contributed by atoms with Gasteiger partial charge in [-0.15, -0.1) is 0 Å². The Labute approximate surface area is 163 Å². The van der Waals surface area contributed by atoms with Gasteiger partial charge < -0.3 is 15.0 Å². The molecular formula is C20H24N4O4. The second-order valence-corrected chi connectivity index (χ2v) is 6.54. The van der Waals surface area contributed by atoms with Gasteiger partial charge in [0.2, 0.25) is 5.91 Å². The predicted molar refractivity (Wildman–Crippen MR) is 103 cm³/mol. The molecule has 28 heavy (non-hydrogen) atoms. The van der Waals surface area contributed by atoms with E-state index in [0.717, 1.165) is 25.9 Å². The standard InChI is InChI=1S/C20H24N4O4/c25-18(23-12-4-5-13-23)10-11-21-20(27)17-8-9-19(26)24(22-17)14-15-28-16-6-2-1-3-7-16/h1-3,6-9H,4-5,10-15H2,(H,21,27). The summed E-state index contributed by atoms with van der Waals surface area (Å²) >= 11 is 0. The van der Waals surface area contributed by atoms with Crippen LogP contribution >= 0.6 is 0 Å². The van der Waals surface area contributed by atoms with E-state index in [4.69, 9.17) is 4.74 Å². The second-order valence-electron chi connectivity index (χ2n) is 6.54. The first-order valence-electron chi connectivity index (χ1n) is 9.45.